The molecule has 7 nitrogen and oxygen atoms in total. The first-order valence-corrected chi connectivity index (χ1v) is 13.6. The Morgan fingerprint density at radius 3 is 2.05 bits per heavy atom. The number of aromatic hydroxyl groups is 2. The van der Waals surface area contributed by atoms with Crippen molar-refractivity contribution in [2.45, 2.75) is 58.3 Å². The number of piperidine rings is 1. The van der Waals surface area contributed by atoms with Crippen LogP contribution < -0.4 is 0 Å². The highest BCUT2D eigenvalue weighted by molar-refractivity contribution is 9.10. The lowest BCUT2D eigenvalue weighted by Gasteiger charge is -2.36. The van der Waals surface area contributed by atoms with E-state index in [0.717, 1.165) is 73.2 Å². The van der Waals surface area contributed by atoms with Gasteiger partial charge in [-0.15, -0.1) is 12.8 Å². The number of amides is 2. The van der Waals surface area contributed by atoms with E-state index >= 15 is 0 Å². The Labute approximate surface area is 228 Å². The normalized spacial score (nSPS) is 18.8. The molecule has 2 fully saturated rings. The van der Waals surface area contributed by atoms with Crippen molar-refractivity contribution in [2.75, 3.05) is 26.2 Å². The van der Waals surface area contributed by atoms with E-state index in [-0.39, 0.29) is 29.2 Å². The van der Waals surface area contributed by atoms with Crippen molar-refractivity contribution < 1.29 is 19.8 Å². The van der Waals surface area contributed by atoms with Crippen LogP contribution in [0.25, 0.3) is 0 Å². The van der Waals surface area contributed by atoms with Crippen LogP contribution in [0.2, 0.25) is 0 Å². The summed E-state index contributed by atoms with van der Waals surface area (Å²) in [5, 5.41) is 20.7. The van der Waals surface area contributed by atoms with Gasteiger partial charge in [-0.2, -0.15) is 0 Å². The summed E-state index contributed by atoms with van der Waals surface area (Å²) in [6.45, 7) is 6.67. The van der Waals surface area contributed by atoms with Crippen LogP contribution in [0.1, 0.15) is 67.8 Å². The zero-order valence-electron chi connectivity index (χ0n) is 21.6. The van der Waals surface area contributed by atoms with Crippen molar-refractivity contribution in [3.05, 3.63) is 51.3 Å². The Balaban J connectivity index is 0.000000322. The second-order valence-corrected chi connectivity index (χ2v) is 10.7. The van der Waals surface area contributed by atoms with Crippen LogP contribution in [0, 0.1) is 18.8 Å². The molecule has 2 aliphatic heterocycles. The molecule has 2 amide bonds. The number of hydrogen-bond acceptors (Lipinski definition) is 5. The average Bonchev–Trinajstić information content (AvgIpc) is 3.37. The minimum absolute atomic E-state index is 0.0275. The third-order valence-corrected chi connectivity index (χ3v) is 7.91. The minimum Gasteiger partial charge on any atom is -0.508 e. The Morgan fingerprint density at radius 1 is 0.919 bits per heavy atom. The van der Waals surface area contributed by atoms with Crippen LogP contribution >= 0.6 is 15.9 Å². The van der Waals surface area contributed by atoms with E-state index < -0.39 is 0 Å². The van der Waals surface area contributed by atoms with Crippen LogP contribution in [-0.2, 0) is 22.4 Å². The molecule has 1 aromatic carbocycles. The lowest BCUT2D eigenvalue weighted by molar-refractivity contribution is -0.130. The maximum Gasteiger partial charge on any atom is 0.219 e. The van der Waals surface area contributed by atoms with Crippen LogP contribution in [0.15, 0.2) is 28.9 Å². The van der Waals surface area contributed by atoms with Crippen LogP contribution in [-0.4, -0.2) is 63.0 Å². The third kappa shape index (κ3) is 6.84. The summed E-state index contributed by atoms with van der Waals surface area (Å²) < 4.78 is 0.949. The summed E-state index contributed by atoms with van der Waals surface area (Å²) in [7, 11) is 0. The lowest BCUT2D eigenvalue weighted by Crippen LogP contribution is -2.38. The molecular weight excluding hydrogens is 534 g/mol. The van der Waals surface area contributed by atoms with Crippen LogP contribution in [0.4, 0.5) is 0 Å². The number of phenolic OH excluding ortho intramolecular Hbond substituents is 2. The van der Waals surface area contributed by atoms with Gasteiger partial charge >= 0.3 is 0 Å². The maximum absolute atomic E-state index is 11.7. The standard InChI is InChI=1S/C21H23BrN2O3.C6H11NO.C2H2/c1-12(25)24-6-4-13(5-7-24)20-19-14(9-17(26)10-18(19)27)2-3-15-8-16(22)11-23-21(15)20;1-6(8)7-4-2-3-5-7;1-2/h8-11,13,20,26-27H,2-7H2,1H3;2-5H2,1H3;1-2H. The van der Waals surface area contributed by atoms with Crippen molar-refractivity contribution in [3.8, 4) is 24.3 Å². The van der Waals surface area contributed by atoms with Gasteiger partial charge in [0.1, 0.15) is 11.5 Å². The number of phenols is 2. The number of terminal acetylenes is 1. The summed E-state index contributed by atoms with van der Waals surface area (Å²) in [4.78, 5) is 30.8. The summed E-state index contributed by atoms with van der Waals surface area (Å²) >= 11 is 3.52. The molecule has 1 aromatic heterocycles. The fraction of sp³-hybridized carbons (Fsp3) is 0.483. The number of rotatable bonds is 1. The van der Waals surface area contributed by atoms with Gasteiger partial charge in [-0.1, -0.05) is 0 Å². The molecule has 3 aliphatic rings. The average molecular weight is 571 g/mol. The number of aryl methyl sites for hydroxylation is 2. The van der Waals surface area contributed by atoms with E-state index in [4.69, 9.17) is 4.98 Å². The first-order valence-electron chi connectivity index (χ1n) is 12.8. The van der Waals surface area contributed by atoms with Crippen molar-refractivity contribution in [1.82, 2.24) is 14.8 Å². The van der Waals surface area contributed by atoms with Gasteiger partial charge in [0.25, 0.3) is 0 Å². The highest BCUT2D eigenvalue weighted by Crippen LogP contribution is 2.46. The maximum atomic E-state index is 11.7. The number of aromatic nitrogens is 1. The molecule has 0 bridgehead atoms. The number of benzene rings is 1. The number of halogens is 1. The smallest absolute Gasteiger partial charge is 0.219 e. The number of hydrogen-bond donors (Lipinski definition) is 2. The van der Waals surface area contributed by atoms with Gasteiger partial charge in [0.15, 0.2) is 0 Å². The minimum atomic E-state index is -0.0275. The van der Waals surface area contributed by atoms with Crippen LogP contribution in [0.3, 0.4) is 0 Å². The first kappa shape index (κ1) is 28.5. The predicted octanol–water partition coefficient (Wildman–Crippen LogP) is 4.62. The van der Waals surface area contributed by atoms with E-state index in [1.165, 1.54) is 24.5 Å². The molecule has 2 saturated heterocycles. The summed E-state index contributed by atoms with van der Waals surface area (Å²) in [6.07, 6.45) is 15.5. The van der Waals surface area contributed by atoms with E-state index in [2.05, 4.69) is 34.8 Å². The molecule has 37 heavy (non-hydrogen) atoms. The molecule has 3 heterocycles. The molecule has 5 rings (SSSR count). The van der Waals surface area contributed by atoms with Crippen molar-refractivity contribution in [3.63, 3.8) is 0 Å². The first-order chi connectivity index (χ1) is 17.7. The molecule has 0 saturated carbocycles. The van der Waals surface area contributed by atoms with E-state index in [1.807, 2.05) is 16.0 Å². The number of carbonyl (C=O) groups excluding carboxylic acids is 2. The van der Waals surface area contributed by atoms with Crippen LogP contribution in [0.5, 0.6) is 11.5 Å². The van der Waals surface area contributed by atoms with E-state index in [9.17, 15) is 19.8 Å². The number of pyridine rings is 1. The topological polar surface area (TPSA) is 94.0 Å². The fourth-order valence-electron chi connectivity index (χ4n) is 5.66. The Bertz CT molecular complexity index is 1140. The van der Waals surface area contributed by atoms with Crippen molar-refractivity contribution in [2.24, 2.45) is 5.92 Å². The number of fused-ring (bicyclic) bond motifs is 2. The van der Waals surface area contributed by atoms with Crippen molar-refractivity contribution in [1.29, 1.82) is 0 Å². The predicted molar refractivity (Wildman–Crippen MR) is 147 cm³/mol. The SMILES string of the molecule is C#C.CC(=O)N1CCC(C2c3ncc(Br)cc3CCc3cc(O)cc(O)c32)CC1.CC(=O)N1CCCC1. The van der Waals surface area contributed by atoms with Gasteiger partial charge in [-0.05, 0) is 83.6 Å². The van der Waals surface area contributed by atoms with Gasteiger partial charge in [0.2, 0.25) is 11.8 Å². The highest BCUT2D eigenvalue weighted by atomic mass is 79.9. The lowest BCUT2D eigenvalue weighted by atomic mass is 9.76. The molecule has 0 spiro atoms. The quantitative estimate of drug-likeness (QED) is 0.488. The molecule has 1 atom stereocenters. The molecule has 1 unspecified atom stereocenters. The largest absolute Gasteiger partial charge is 0.508 e. The zero-order chi connectivity index (χ0) is 27.1. The van der Waals surface area contributed by atoms with Gasteiger partial charge in [-0.25, -0.2) is 0 Å². The Hall–Kier alpha value is -3.05. The fourth-order valence-corrected chi connectivity index (χ4v) is 6.04. The van der Waals surface area contributed by atoms with Crippen molar-refractivity contribution >= 4 is 27.7 Å². The number of nitrogens with zero attached hydrogens (tertiary/aromatic N) is 3. The molecule has 198 valence electrons. The van der Waals surface area contributed by atoms with E-state index in [1.54, 1.807) is 19.9 Å². The molecule has 1 aliphatic carbocycles. The monoisotopic (exact) mass is 569 g/mol. The second-order valence-electron chi connectivity index (χ2n) is 9.77. The molecule has 0 radical (unpaired) electrons. The second kappa shape index (κ2) is 13.0. The number of likely N-dealkylation sites (tertiary alicyclic amines) is 2. The number of carbonyl (C=O) groups is 2. The van der Waals surface area contributed by atoms with Gasteiger partial charge in [0, 0.05) is 68.2 Å². The van der Waals surface area contributed by atoms with Gasteiger partial charge in [0.05, 0.1) is 5.69 Å². The molecular formula is C29H36BrN3O4. The van der Waals surface area contributed by atoms with Gasteiger partial charge < -0.3 is 20.0 Å². The van der Waals surface area contributed by atoms with Gasteiger partial charge in [-0.3, -0.25) is 14.6 Å². The molecule has 2 aromatic rings. The molecule has 8 heteroatoms. The molecule has 2 N–H and O–H groups in total. The summed E-state index contributed by atoms with van der Waals surface area (Å²) in [5.74, 6) is 0.839. The van der Waals surface area contributed by atoms with E-state index in [0.29, 0.717) is 5.92 Å². The summed E-state index contributed by atoms with van der Waals surface area (Å²) in [6, 6.07) is 5.32. The Morgan fingerprint density at radius 2 is 1.49 bits per heavy atom. The summed E-state index contributed by atoms with van der Waals surface area (Å²) in [5.41, 5.74) is 4.07. The third-order valence-electron chi connectivity index (χ3n) is 7.47. The zero-order valence-corrected chi connectivity index (χ0v) is 23.2. The Kier molecular flexibility index (Phi) is 9.99. The highest BCUT2D eigenvalue weighted by Gasteiger charge is 2.36.